The van der Waals surface area contributed by atoms with Crippen LogP contribution >= 0.6 is 23.2 Å². The number of nitrogens with one attached hydrogen (secondary N) is 1. The molecule has 0 saturated heterocycles. The van der Waals surface area contributed by atoms with Gasteiger partial charge in [0.25, 0.3) is 0 Å². The highest BCUT2D eigenvalue weighted by Gasteiger charge is 2.21. The molecule has 5 N–H and O–H groups in total. The molecule has 0 radical (unpaired) electrons. The molecule has 11 heteroatoms. The molecular weight excluding hydrogens is 349 g/mol. The lowest BCUT2D eigenvalue weighted by atomic mass is 10.3. The average Bonchev–Trinajstić information content (AvgIpc) is 2.21. The molecule has 0 heterocycles. The summed E-state index contributed by atoms with van der Waals surface area (Å²) in [5.74, 6) is -0.334. The summed E-state index contributed by atoms with van der Waals surface area (Å²) in [7, 11) is -7.59. The van der Waals surface area contributed by atoms with Gasteiger partial charge in [0.2, 0.25) is 20.0 Å². The van der Waals surface area contributed by atoms with Crippen LogP contribution in [-0.2, 0) is 20.0 Å². The Morgan fingerprint density at radius 2 is 1.75 bits per heavy atom. The number of nitrogen functional groups attached to an aromatic ring is 1. The van der Waals surface area contributed by atoms with Crippen molar-refractivity contribution in [3.05, 3.63) is 22.2 Å². The van der Waals surface area contributed by atoms with Gasteiger partial charge in [0.05, 0.1) is 16.5 Å². The number of halogens is 2. The van der Waals surface area contributed by atoms with Gasteiger partial charge < -0.3 is 5.73 Å². The Labute approximate surface area is 127 Å². The van der Waals surface area contributed by atoms with E-state index >= 15 is 0 Å². The van der Waals surface area contributed by atoms with Crippen LogP contribution in [0.4, 0.5) is 5.69 Å². The van der Waals surface area contributed by atoms with Crippen LogP contribution < -0.4 is 15.6 Å². The van der Waals surface area contributed by atoms with Crippen molar-refractivity contribution in [3.8, 4) is 0 Å². The van der Waals surface area contributed by atoms with Crippen LogP contribution in [0.25, 0.3) is 0 Å². The van der Waals surface area contributed by atoms with Crippen LogP contribution in [0.3, 0.4) is 0 Å². The lowest BCUT2D eigenvalue weighted by Gasteiger charge is -2.11. The number of hydrogen-bond acceptors (Lipinski definition) is 5. The Hall–Kier alpha value is -0.580. The Kier molecular flexibility index (Phi) is 5.64. The van der Waals surface area contributed by atoms with Gasteiger partial charge >= 0.3 is 0 Å². The molecule has 0 aliphatic rings. The molecule has 0 aliphatic heterocycles. The molecule has 0 aromatic heterocycles. The van der Waals surface area contributed by atoms with Crippen molar-refractivity contribution in [2.24, 2.45) is 5.14 Å². The molecule has 0 unspecified atom stereocenters. The molecular formula is C9H13Cl2N3O4S2. The number of nitrogens with two attached hydrogens (primary N) is 2. The first-order chi connectivity index (χ1) is 9.03. The maximum Gasteiger partial charge on any atom is 0.244 e. The third-order valence-corrected chi connectivity index (χ3v) is 5.27. The van der Waals surface area contributed by atoms with E-state index < -0.39 is 20.0 Å². The minimum Gasteiger partial charge on any atom is -0.398 e. The Morgan fingerprint density at radius 1 is 1.15 bits per heavy atom. The maximum absolute atomic E-state index is 12.0. The molecule has 20 heavy (non-hydrogen) atoms. The fourth-order valence-corrected chi connectivity index (χ4v) is 4.02. The lowest BCUT2D eigenvalue weighted by Crippen LogP contribution is -2.28. The second kappa shape index (κ2) is 6.46. The van der Waals surface area contributed by atoms with E-state index in [0.717, 1.165) is 0 Å². The van der Waals surface area contributed by atoms with Crippen molar-refractivity contribution >= 4 is 48.9 Å². The number of sulfonamides is 2. The van der Waals surface area contributed by atoms with Crippen molar-refractivity contribution < 1.29 is 16.8 Å². The zero-order valence-electron chi connectivity index (χ0n) is 10.1. The molecule has 0 saturated carbocycles. The van der Waals surface area contributed by atoms with Gasteiger partial charge in [0.15, 0.2) is 0 Å². The predicted octanol–water partition coefficient (Wildman–Crippen LogP) is 0.533. The summed E-state index contributed by atoms with van der Waals surface area (Å²) in [6, 6.07) is 2.50. The van der Waals surface area contributed by atoms with Crippen LogP contribution in [0.2, 0.25) is 10.0 Å². The first-order valence-electron chi connectivity index (χ1n) is 5.27. The zero-order valence-corrected chi connectivity index (χ0v) is 13.3. The summed E-state index contributed by atoms with van der Waals surface area (Å²) in [6.45, 7) is -0.114. The molecule has 1 rings (SSSR count). The number of benzene rings is 1. The summed E-state index contributed by atoms with van der Waals surface area (Å²) >= 11 is 11.5. The van der Waals surface area contributed by atoms with Gasteiger partial charge in [-0.05, 0) is 18.6 Å². The van der Waals surface area contributed by atoms with Gasteiger partial charge in [-0.1, -0.05) is 23.2 Å². The third-order valence-electron chi connectivity index (χ3n) is 2.20. The first kappa shape index (κ1) is 17.5. The van der Waals surface area contributed by atoms with E-state index in [2.05, 4.69) is 4.72 Å². The van der Waals surface area contributed by atoms with Crippen LogP contribution in [0.1, 0.15) is 6.42 Å². The topological polar surface area (TPSA) is 132 Å². The number of primary sulfonamides is 1. The third kappa shape index (κ3) is 5.08. The van der Waals surface area contributed by atoms with Gasteiger partial charge in [-0.2, -0.15) is 0 Å². The minimum absolute atomic E-state index is 0.0309. The highest BCUT2D eigenvalue weighted by atomic mass is 35.5. The molecule has 7 nitrogen and oxygen atoms in total. The molecule has 1 aromatic rings. The van der Waals surface area contributed by atoms with Crippen LogP contribution in [0.5, 0.6) is 0 Å². The zero-order chi connectivity index (χ0) is 15.6. The molecule has 1 aromatic carbocycles. The minimum atomic E-state index is -3.96. The number of anilines is 1. The quantitative estimate of drug-likeness (QED) is 0.502. The van der Waals surface area contributed by atoms with E-state index in [1.165, 1.54) is 12.1 Å². The predicted molar refractivity (Wildman–Crippen MR) is 78.7 cm³/mol. The van der Waals surface area contributed by atoms with Crippen molar-refractivity contribution in [2.45, 2.75) is 11.3 Å². The monoisotopic (exact) mass is 361 g/mol. The van der Waals surface area contributed by atoms with E-state index in [4.69, 9.17) is 34.1 Å². The highest BCUT2D eigenvalue weighted by Crippen LogP contribution is 2.30. The molecule has 0 fully saturated rings. The van der Waals surface area contributed by atoms with Crippen LogP contribution in [-0.4, -0.2) is 29.1 Å². The number of hydrogen-bond donors (Lipinski definition) is 3. The summed E-state index contributed by atoms with van der Waals surface area (Å²) in [6.07, 6.45) is 0.0309. The maximum atomic E-state index is 12.0. The number of rotatable bonds is 6. The summed E-state index contributed by atoms with van der Waals surface area (Å²) < 4.78 is 47.6. The SMILES string of the molecule is Nc1cc(Cl)cc(Cl)c1S(=O)(=O)NCCCS(N)(=O)=O. The molecule has 0 atom stereocenters. The Bertz CT molecular complexity index is 681. The molecule has 0 spiro atoms. The van der Waals surface area contributed by atoms with Gasteiger partial charge in [-0.3, -0.25) is 0 Å². The second-order valence-corrected chi connectivity index (χ2v) is 8.21. The van der Waals surface area contributed by atoms with E-state index in [9.17, 15) is 16.8 Å². The van der Waals surface area contributed by atoms with Gasteiger partial charge in [-0.25, -0.2) is 26.7 Å². The Balaban J connectivity index is 2.85. The van der Waals surface area contributed by atoms with Crippen LogP contribution in [0.15, 0.2) is 17.0 Å². The van der Waals surface area contributed by atoms with Crippen molar-refractivity contribution in [2.75, 3.05) is 18.0 Å². The molecule has 0 amide bonds. The highest BCUT2D eigenvalue weighted by molar-refractivity contribution is 7.90. The van der Waals surface area contributed by atoms with Gasteiger partial charge in [-0.15, -0.1) is 0 Å². The van der Waals surface area contributed by atoms with E-state index in [1.54, 1.807) is 0 Å². The van der Waals surface area contributed by atoms with E-state index in [0.29, 0.717) is 0 Å². The van der Waals surface area contributed by atoms with E-state index in [1.807, 2.05) is 0 Å². The fraction of sp³-hybridized carbons (Fsp3) is 0.333. The normalized spacial score (nSPS) is 12.6. The molecule has 0 bridgehead atoms. The van der Waals surface area contributed by atoms with Gasteiger partial charge in [0.1, 0.15) is 4.90 Å². The van der Waals surface area contributed by atoms with Crippen molar-refractivity contribution in [1.29, 1.82) is 0 Å². The summed E-state index contributed by atoms with van der Waals surface area (Å²) in [5, 5.41) is 4.89. The van der Waals surface area contributed by atoms with Crippen molar-refractivity contribution in [1.82, 2.24) is 4.72 Å². The largest absolute Gasteiger partial charge is 0.398 e. The summed E-state index contributed by atoms with van der Waals surface area (Å²) in [4.78, 5) is -0.292. The second-order valence-electron chi connectivity index (χ2n) is 3.92. The summed E-state index contributed by atoms with van der Waals surface area (Å²) in [5.41, 5.74) is 5.48. The standard InChI is InChI=1S/C9H13Cl2N3O4S2/c10-6-4-7(11)9(8(12)5-6)20(17,18)14-2-1-3-19(13,15)16/h4-5,14H,1-3,12H2,(H2,13,15,16). The molecule has 0 aliphatic carbocycles. The lowest BCUT2D eigenvalue weighted by molar-refractivity contribution is 0.577. The Morgan fingerprint density at radius 3 is 2.25 bits per heavy atom. The van der Waals surface area contributed by atoms with E-state index in [-0.39, 0.29) is 39.3 Å². The smallest absolute Gasteiger partial charge is 0.244 e. The van der Waals surface area contributed by atoms with Crippen LogP contribution in [0, 0.1) is 0 Å². The van der Waals surface area contributed by atoms with Crippen molar-refractivity contribution in [3.63, 3.8) is 0 Å². The molecule has 114 valence electrons. The average molecular weight is 362 g/mol. The fourth-order valence-electron chi connectivity index (χ4n) is 1.42. The first-order valence-corrected chi connectivity index (χ1v) is 9.23. The van der Waals surface area contributed by atoms with Gasteiger partial charge in [0, 0.05) is 11.6 Å².